The number of rotatable bonds is 2. The second-order valence-electron chi connectivity index (χ2n) is 4.11. The Morgan fingerprint density at radius 3 is 2.71 bits per heavy atom. The minimum absolute atomic E-state index is 0.106. The van der Waals surface area contributed by atoms with Crippen molar-refractivity contribution in [3.05, 3.63) is 28.3 Å². The largest absolute Gasteiger partial charge is 0.491 e. The third-order valence-electron chi connectivity index (χ3n) is 3.03. The first-order chi connectivity index (χ1) is 8.15. The Hall–Kier alpha value is -0.870. The fraction of sp³-hybridized carbons (Fsp3) is 0.500. The van der Waals surface area contributed by atoms with E-state index in [0.717, 1.165) is 25.8 Å². The van der Waals surface area contributed by atoms with Gasteiger partial charge < -0.3 is 10.1 Å². The van der Waals surface area contributed by atoms with Crippen molar-refractivity contribution >= 4 is 11.6 Å². The molecular weight excluding hydrogens is 248 g/mol. The summed E-state index contributed by atoms with van der Waals surface area (Å²) in [5.74, 6) is -1.90. The van der Waals surface area contributed by atoms with Crippen molar-refractivity contribution in [2.75, 3.05) is 13.7 Å². The third-order valence-corrected chi connectivity index (χ3v) is 3.31. The maximum atomic E-state index is 14.0. The molecule has 0 aromatic heterocycles. The molecule has 5 heteroatoms. The van der Waals surface area contributed by atoms with E-state index in [4.69, 9.17) is 16.3 Å². The SMILES string of the molecule is COc1c(F)c(Cl)cc(C2CCCCN2)c1F. The zero-order chi connectivity index (χ0) is 12.4. The van der Waals surface area contributed by atoms with Crippen molar-refractivity contribution < 1.29 is 13.5 Å². The quantitative estimate of drug-likeness (QED) is 0.824. The molecule has 1 aromatic carbocycles. The lowest BCUT2D eigenvalue weighted by atomic mass is 9.97. The van der Waals surface area contributed by atoms with E-state index in [1.165, 1.54) is 13.2 Å². The molecule has 1 unspecified atom stereocenters. The summed E-state index contributed by atoms with van der Waals surface area (Å²) < 4.78 is 32.3. The van der Waals surface area contributed by atoms with Crippen LogP contribution in [0.3, 0.4) is 0 Å². The van der Waals surface area contributed by atoms with E-state index in [-0.39, 0.29) is 11.1 Å². The van der Waals surface area contributed by atoms with Crippen molar-refractivity contribution in [3.8, 4) is 5.75 Å². The molecule has 0 radical (unpaired) electrons. The van der Waals surface area contributed by atoms with Crippen LogP contribution in [-0.4, -0.2) is 13.7 Å². The normalized spacial score (nSPS) is 20.4. The van der Waals surface area contributed by atoms with Crippen LogP contribution in [0.15, 0.2) is 6.07 Å². The van der Waals surface area contributed by atoms with Gasteiger partial charge >= 0.3 is 0 Å². The van der Waals surface area contributed by atoms with Crippen LogP contribution < -0.4 is 10.1 Å². The van der Waals surface area contributed by atoms with Crippen LogP contribution in [0.25, 0.3) is 0 Å². The molecule has 0 aliphatic carbocycles. The lowest BCUT2D eigenvalue weighted by Crippen LogP contribution is -2.27. The third kappa shape index (κ3) is 2.38. The van der Waals surface area contributed by atoms with E-state index in [1.807, 2.05) is 0 Å². The Bertz CT molecular complexity index is 419. The van der Waals surface area contributed by atoms with Crippen molar-refractivity contribution in [1.82, 2.24) is 5.32 Å². The number of nitrogens with one attached hydrogen (secondary N) is 1. The predicted molar refractivity (Wildman–Crippen MR) is 62.5 cm³/mol. The van der Waals surface area contributed by atoms with Crippen LogP contribution in [-0.2, 0) is 0 Å². The van der Waals surface area contributed by atoms with Gasteiger partial charge in [-0.2, -0.15) is 0 Å². The van der Waals surface area contributed by atoms with Gasteiger partial charge in [-0.15, -0.1) is 0 Å². The molecule has 0 bridgehead atoms. The van der Waals surface area contributed by atoms with Gasteiger partial charge in [0.15, 0.2) is 17.4 Å². The summed E-state index contributed by atoms with van der Waals surface area (Å²) in [7, 11) is 1.23. The number of piperidine rings is 1. The first kappa shape index (κ1) is 12.6. The van der Waals surface area contributed by atoms with Gasteiger partial charge in [0.05, 0.1) is 12.1 Å². The summed E-state index contributed by atoms with van der Waals surface area (Å²) in [6, 6.07) is 1.23. The van der Waals surface area contributed by atoms with E-state index < -0.39 is 17.4 Å². The van der Waals surface area contributed by atoms with Gasteiger partial charge in [0.25, 0.3) is 0 Å². The minimum Gasteiger partial charge on any atom is -0.491 e. The van der Waals surface area contributed by atoms with Crippen molar-refractivity contribution in [2.45, 2.75) is 25.3 Å². The first-order valence-corrected chi connectivity index (χ1v) is 5.97. The number of benzene rings is 1. The van der Waals surface area contributed by atoms with Gasteiger partial charge in [-0.3, -0.25) is 0 Å². The van der Waals surface area contributed by atoms with E-state index in [2.05, 4.69) is 5.32 Å². The van der Waals surface area contributed by atoms with Crippen LogP contribution in [0.2, 0.25) is 5.02 Å². The number of ether oxygens (including phenoxy) is 1. The van der Waals surface area contributed by atoms with E-state index >= 15 is 0 Å². The second-order valence-corrected chi connectivity index (χ2v) is 4.52. The molecule has 1 heterocycles. The summed E-state index contributed by atoms with van der Waals surface area (Å²) in [5, 5.41) is 3.09. The topological polar surface area (TPSA) is 21.3 Å². The first-order valence-electron chi connectivity index (χ1n) is 5.60. The van der Waals surface area contributed by atoms with E-state index in [0.29, 0.717) is 5.56 Å². The minimum atomic E-state index is -0.841. The fourth-order valence-electron chi connectivity index (χ4n) is 2.15. The zero-order valence-electron chi connectivity index (χ0n) is 9.53. The standard InChI is InChI=1S/C12H14ClF2NO/c1-17-12-10(14)7(6-8(13)11(12)15)9-4-2-3-5-16-9/h6,9,16H,2-5H2,1H3. The fourth-order valence-corrected chi connectivity index (χ4v) is 2.35. The average Bonchev–Trinajstić information content (AvgIpc) is 2.36. The Morgan fingerprint density at radius 1 is 1.35 bits per heavy atom. The van der Waals surface area contributed by atoms with Gasteiger partial charge in [0.2, 0.25) is 0 Å². The van der Waals surface area contributed by atoms with E-state index in [1.54, 1.807) is 0 Å². The molecule has 1 aliphatic heterocycles. The molecule has 2 rings (SSSR count). The number of hydrogen-bond donors (Lipinski definition) is 1. The highest BCUT2D eigenvalue weighted by atomic mass is 35.5. The predicted octanol–water partition coefficient (Wildman–Crippen LogP) is 3.44. The van der Waals surface area contributed by atoms with Gasteiger partial charge in [-0.1, -0.05) is 18.0 Å². The molecule has 1 N–H and O–H groups in total. The molecule has 1 aromatic rings. The molecule has 1 saturated heterocycles. The Balaban J connectivity index is 2.42. The molecule has 2 nitrogen and oxygen atoms in total. The molecule has 17 heavy (non-hydrogen) atoms. The molecule has 1 fully saturated rings. The number of methoxy groups -OCH3 is 1. The Labute approximate surface area is 104 Å². The van der Waals surface area contributed by atoms with Crippen molar-refractivity contribution in [3.63, 3.8) is 0 Å². The highest BCUT2D eigenvalue weighted by molar-refractivity contribution is 6.31. The van der Waals surface area contributed by atoms with Gasteiger partial charge in [-0.25, -0.2) is 8.78 Å². The monoisotopic (exact) mass is 261 g/mol. The molecule has 0 spiro atoms. The highest BCUT2D eigenvalue weighted by Gasteiger charge is 2.24. The van der Waals surface area contributed by atoms with Crippen LogP contribution in [0.1, 0.15) is 30.9 Å². The maximum absolute atomic E-state index is 14.0. The van der Waals surface area contributed by atoms with Crippen molar-refractivity contribution in [2.24, 2.45) is 0 Å². The summed E-state index contributed by atoms with van der Waals surface area (Å²) in [6.45, 7) is 0.835. The van der Waals surface area contributed by atoms with Crippen LogP contribution in [0.5, 0.6) is 5.75 Å². The van der Waals surface area contributed by atoms with Crippen LogP contribution >= 0.6 is 11.6 Å². The average molecular weight is 262 g/mol. The summed E-state index contributed by atoms with van der Waals surface area (Å²) in [6.07, 6.45) is 2.92. The lowest BCUT2D eigenvalue weighted by Gasteiger charge is -2.25. The van der Waals surface area contributed by atoms with Crippen LogP contribution in [0.4, 0.5) is 8.78 Å². The Morgan fingerprint density at radius 2 is 2.12 bits per heavy atom. The summed E-state index contributed by atoms with van der Waals surface area (Å²) in [5.41, 5.74) is 0.382. The smallest absolute Gasteiger partial charge is 0.192 e. The van der Waals surface area contributed by atoms with Crippen LogP contribution in [0, 0.1) is 11.6 Å². The zero-order valence-corrected chi connectivity index (χ0v) is 10.3. The van der Waals surface area contributed by atoms with Gasteiger partial charge in [0.1, 0.15) is 0 Å². The van der Waals surface area contributed by atoms with Gasteiger partial charge in [0, 0.05) is 11.6 Å². The highest BCUT2D eigenvalue weighted by Crippen LogP contribution is 2.35. The maximum Gasteiger partial charge on any atom is 0.192 e. The van der Waals surface area contributed by atoms with Crippen molar-refractivity contribution in [1.29, 1.82) is 0 Å². The van der Waals surface area contributed by atoms with E-state index in [9.17, 15) is 8.78 Å². The molecule has 0 saturated carbocycles. The summed E-state index contributed by atoms with van der Waals surface area (Å²) in [4.78, 5) is 0. The lowest BCUT2D eigenvalue weighted by molar-refractivity contribution is 0.346. The molecule has 1 atom stereocenters. The molecule has 0 amide bonds. The second kappa shape index (κ2) is 5.19. The Kier molecular flexibility index (Phi) is 3.84. The molecular formula is C12H14ClF2NO. The number of halogens is 3. The summed E-state index contributed by atoms with van der Waals surface area (Å²) >= 11 is 5.74. The van der Waals surface area contributed by atoms with Gasteiger partial charge in [-0.05, 0) is 25.5 Å². The molecule has 94 valence electrons. The number of hydrogen-bond acceptors (Lipinski definition) is 2. The molecule has 1 aliphatic rings.